The summed E-state index contributed by atoms with van der Waals surface area (Å²) in [6.07, 6.45) is 1.20. The van der Waals surface area contributed by atoms with Crippen molar-refractivity contribution < 1.29 is 19.4 Å². The highest BCUT2D eigenvalue weighted by molar-refractivity contribution is 5.84. The average molecular weight is 263 g/mol. The van der Waals surface area contributed by atoms with E-state index in [1.807, 2.05) is 0 Å². The summed E-state index contributed by atoms with van der Waals surface area (Å²) < 4.78 is 10.4. The van der Waals surface area contributed by atoms with Gasteiger partial charge < -0.3 is 14.6 Å². The number of hydrogen-bond donors (Lipinski definition) is 1. The van der Waals surface area contributed by atoms with Crippen molar-refractivity contribution in [1.29, 1.82) is 0 Å². The average Bonchev–Trinajstić information content (AvgIpc) is 2.87. The van der Waals surface area contributed by atoms with E-state index in [1.54, 1.807) is 32.4 Å². The van der Waals surface area contributed by atoms with Crippen LogP contribution in [0.4, 0.5) is 0 Å². The third-order valence-corrected chi connectivity index (χ3v) is 2.55. The Morgan fingerprint density at radius 2 is 2.16 bits per heavy atom. The molecule has 1 heterocycles. The van der Waals surface area contributed by atoms with E-state index >= 15 is 0 Å². The highest BCUT2D eigenvalue weighted by Gasteiger charge is 2.11. The van der Waals surface area contributed by atoms with Gasteiger partial charge in [-0.15, -0.1) is 5.10 Å². The number of carbonyl (C=O) groups is 1. The molecule has 0 aliphatic rings. The molecule has 0 amide bonds. The molecule has 0 radical (unpaired) electrons. The third kappa shape index (κ3) is 2.82. The van der Waals surface area contributed by atoms with Gasteiger partial charge in [0.2, 0.25) is 0 Å². The maximum atomic E-state index is 10.7. The lowest BCUT2D eigenvalue weighted by Crippen LogP contribution is -2.07. The lowest BCUT2D eigenvalue weighted by Gasteiger charge is -2.09. The third-order valence-electron chi connectivity index (χ3n) is 2.55. The monoisotopic (exact) mass is 263 g/mol. The number of methoxy groups -OCH3 is 2. The molecule has 100 valence electrons. The van der Waals surface area contributed by atoms with Crippen molar-refractivity contribution in [2.24, 2.45) is 0 Å². The van der Waals surface area contributed by atoms with Gasteiger partial charge in [-0.25, -0.2) is 4.79 Å². The topological polar surface area (TPSA) is 86.5 Å². The summed E-state index contributed by atoms with van der Waals surface area (Å²) in [5, 5.41) is 16.5. The van der Waals surface area contributed by atoms with Crippen LogP contribution in [0.15, 0.2) is 24.4 Å². The molecule has 19 heavy (non-hydrogen) atoms. The Morgan fingerprint density at radius 3 is 2.74 bits per heavy atom. The fraction of sp³-hybridized carbons (Fsp3) is 0.250. The van der Waals surface area contributed by atoms with Crippen molar-refractivity contribution in [3.8, 4) is 11.5 Å². The Balaban J connectivity index is 2.27. The number of carboxylic acids is 1. The maximum Gasteiger partial charge on any atom is 0.358 e. The first-order valence-electron chi connectivity index (χ1n) is 5.48. The summed E-state index contributed by atoms with van der Waals surface area (Å²) >= 11 is 0. The first-order chi connectivity index (χ1) is 9.13. The summed E-state index contributed by atoms with van der Waals surface area (Å²) in [7, 11) is 3.13. The van der Waals surface area contributed by atoms with E-state index in [9.17, 15) is 4.79 Å². The van der Waals surface area contributed by atoms with Crippen LogP contribution >= 0.6 is 0 Å². The fourth-order valence-electron chi connectivity index (χ4n) is 1.63. The summed E-state index contributed by atoms with van der Waals surface area (Å²) in [5.41, 5.74) is 0.705. The van der Waals surface area contributed by atoms with Crippen molar-refractivity contribution in [3.63, 3.8) is 0 Å². The molecule has 7 nitrogen and oxygen atoms in total. The molecule has 2 rings (SSSR count). The van der Waals surface area contributed by atoms with Gasteiger partial charge in [0.15, 0.2) is 5.69 Å². The number of rotatable bonds is 5. The van der Waals surface area contributed by atoms with Gasteiger partial charge in [-0.3, -0.25) is 0 Å². The Kier molecular flexibility index (Phi) is 3.65. The zero-order valence-electron chi connectivity index (χ0n) is 10.5. The Bertz CT molecular complexity index is 594. The summed E-state index contributed by atoms with van der Waals surface area (Å²) in [4.78, 5) is 12.0. The number of aromatic nitrogens is 3. The zero-order valence-corrected chi connectivity index (χ0v) is 10.5. The minimum absolute atomic E-state index is 0.0955. The van der Waals surface area contributed by atoms with Gasteiger partial charge >= 0.3 is 5.97 Å². The minimum atomic E-state index is -1.11. The summed E-state index contributed by atoms with van der Waals surface area (Å²) in [6.45, 7) is 0.299. The van der Waals surface area contributed by atoms with Crippen LogP contribution in [0, 0.1) is 0 Å². The molecule has 1 aromatic carbocycles. The van der Waals surface area contributed by atoms with Crippen LogP contribution in [0.1, 0.15) is 16.1 Å². The Morgan fingerprint density at radius 1 is 1.37 bits per heavy atom. The second-order valence-corrected chi connectivity index (χ2v) is 3.74. The zero-order chi connectivity index (χ0) is 13.8. The molecule has 0 bridgehead atoms. The molecule has 0 aliphatic carbocycles. The number of ether oxygens (including phenoxy) is 2. The van der Waals surface area contributed by atoms with Crippen LogP contribution < -0.4 is 9.47 Å². The standard InChI is InChI=1S/C12H13N3O4/c1-18-9-3-4-11(19-2)8(5-9)7-15-13-6-10(14-15)12(16)17/h3-6H,7H2,1-2H3,(H,16,17). The van der Waals surface area contributed by atoms with E-state index in [0.29, 0.717) is 18.0 Å². The van der Waals surface area contributed by atoms with E-state index in [-0.39, 0.29) is 5.69 Å². The number of hydrogen-bond acceptors (Lipinski definition) is 5. The Labute approximate surface area is 109 Å². The van der Waals surface area contributed by atoms with Crippen molar-refractivity contribution in [3.05, 3.63) is 35.7 Å². The van der Waals surface area contributed by atoms with Gasteiger partial charge in [0.05, 0.1) is 27.0 Å². The van der Waals surface area contributed by atoms with Gasteiger partial charge in [0.25, 0.3) is 0 Å². The van der Waals surface area contributed by atoms with E-state index in [4.69, 9.17) is 14.6 Å². The second-order valence-electron chi connectivity index (χ2n) is 3.74. The first-order valence-corrected chi connectivity index (χ1v) is 5.48. The van der Waals surface area contributed by atoms with Crippen LogP contribution in [0.5, 0.6) is 11.5 Å². The molecule has 0 atom stereocenters. The molecule has 7 heteroatoms. The normalized spacial score (nSPS) is 10.2. The quantitative estimate of drug-likeness (QED) is 0.867. The second kappa shape index (κ2) is 5.38. The van der Waals surface area contributed by atoms with E-state index in [0.717, 1.165) is 5.56 Å². The highest BCUT2D eigenvalue weighted by atomic mass is 16.5. The van der Waals surface area contributed by atoms with Gasteiger partial charge in [-0.2, -0.15) is 9.90 Å². The van der Waals surface area contributed by atoms with E-state index in [2.05, 4.69) is 10.2 Å². The first kappa shape index (κ1) is 12.9. The molecule has 0 unspecified atom stereocenters. The molecule has 0 saturated heterocycles. The number of aromatic carboxylic acids is 1. The van der Waals surface area contributed by atoms with Crippen LogP contribution in [0.25, 0.3) is 0 Å². The highest BCUT2D eigenvalue weighted by Crippen LogP contribution is 2.24. The SMILES string of the molecule is COc1ccc(OC)c(Cn2ncc(C(=O)O)n2)c1. The van der Waals surface area contributed by atoms with Crippen molar-refractivity contribution in [2.45, 2.75) is 6.54 Å². The molecule has 0 spiro atoms. The van der Waals surface area contributed by atoms with Crippen molar-refractivity contribution >= 4 is 5.97 Å². The van der Waals surface area contributed by atoms with Crippen molar-refractivity contribution in [1.82, 2.24) is 15.0 Å². The van der Waals surface area contributed by atoms with Gasteiger partial charge in [0.1, 0.15) is 11.5 Å². The molecule has 0 saturated carbocycles. The van der Waals surface area contributed by atoms with Crippen molar-refractivity contribution in [2.75, 3.05) is 14.2 Å². The minimum Gasteiger partial charge on any atom is -0.497 e. The molecular weight excluding hydrogens is 250 g/mol. The van der Waals surface area contributed by atoms with Crippen LogP contribution in [-0.2, 0) is 6.54 Å². The smallest absolute Gasteiger partial charge is 0.358 e. The van der Waals surface area contributed by atoms with Gasteiger partial charge in [0, 0.05) is 5.56 Å². The largest absolute Gasteiger partial charge is 0.497 e. The lowest BCUT2D eigenvalue weighted by molar-refractivity contribution is 0.0689. The predicted molar refractivity (Wildman–Crippen MR) is 65.6 cm³/mol. The molecule has 0 fully saturated rings. The van der Waals surface area contributed by atoms with Crippen LogP contribution in [-0.4, -0.2) is 40.3 Å². The Hall–Kier alpha value is -2.57. The molecular formula is C12H13N3O4. The van der Waals surface area contributed by atoms with E-state index in [1.165, 1.54) is 11.0 Å². The van der Waals surface area contributed by atoms with Gasteiger partial charge in [-0.05, 0) is 18.2 Å². The maximum absolute atomic E-state index is 10.7. The number of nitrogens with zero attached hydrogens (tertiary/aromatic N) is 3. The molecule has 2 aromatic rings. The fourth-order valence-corrected chi connectivity index (χ4v) is 1.63. The van der Waals surface area contributed by atoms with Gasteiger partial charge in [-0.1, -0.05) is 0 Å². The van der Waals surface area contributed by atoms with Crippen LogP contribution in [0.2, 0.25) is 0 Å². The number of benzene rings is 1. The molecule has 1 aromatic heterocycles. The van der Waals surface area contributed by atoms with Crippen LogP contribution in [0.3, 0.4) is 0 Å². The molecule has 1 N–H and O–H groups in total. The molecule has 0 aliphatic heterocycles. The van der Waals surface area contributed by atoms with E-state index < -0.39 is 5.97 Å². The number of carboxylic acid groups (broad SMARTS) is 1. The summed E-state index contributed by atoms with van der Waals surface area (Å²) in [6, 6.07) is 5.35. The lowest BCUT2D eigenvalue weighted by atomic mass is 10.2. The predicted octanol–water partition coefficient (Wildman–Crippen LogP) is 1.04. The summed E-state index contributed by atoms with van der Waals surface area (Å²) in [5.74, 6) is 0.236.